The number of fused-ring (bicyclic) bond motifs is 2. The van der Waals surface area contributed by atoms with Crippen molar-refractivity contribution in [3.8, 4) is 11.5 Å². The third-order valence-corrected chi connectivity index (χ3v) is 4.86. The van der Waals surface area contributed by atoms with Crippen molar-refractivity contribution in [2.24, 2.45) is 0 Å². The zero-order valence-electron chi connectivity index (χ0n) is 13.8. The Morgan fingerprint density at radius 2 is 1.92 bits per heavy atom. The second-order valence-corrected chi connectivity index (χ2v) is 6.47. The highest BCUT2D eigenvalue weighted by Gasteiger charge is 2.23. The molecule has 2 aromatic carbocycles. The van der Waals surface area contributed by atoms with Crippen molar-refractivity contribution >= 4 is 5.91 Å². The largest absolute Gasteiger partial charge is 0.454 e. The van der Waals surface area contributed by atoms with Gasteiger partial charge in [-0.15, -0.1) is 0 Å². The van der Waals surface area contributed by atoms with Crippen LogP contribution in [-0.2, 0) is 12.8 Å². The molecule has 1 aliphatic heterocycles. The topological polar surface area (TPSA) is 47.6 Å². The number of para-hydroxylation sites is 1. The molecule has 2 aliphatic rings. The van der Waals surface area contributed by atoms with E-state index in [4.69, 9.17) is 9.47 Å². The van der Waals surface area contributed by atoms with Gasteiger partial charge in [0.2, 0.25) is 6.79 Å². The average molecular weight is 323 g/mol. The minimum absolute atomic E-state index is 0.0529. The second kappa shape index (κ2) is 6.19. The fourth-order valence-corrected chi connectivity index (χ4v) is 3.49. The summed E-state index contributed by atoms with van der Waals surface area (Å²) in [6, 6.07) is 11.9. The summed E-state index contributed by atoms with van der Waals surface area (Å²) in [6.07, 6.45) is 4.84. The van der Waals surface area contributed by atoms with Gasteiger partial charge in [0.1, 0.15) is 0 Å². The van der Waals surface area contributed by atoms with Gasteiger partial charge < -0.3 is 14.8 Å². The van der Waals surface area contributed by atoms with E-state index in [1.165, 1.54) is 30.4 Å². The predicted molar refractivity (Wildman–Crippen MR) is 91.5 cm³/mol. The van der Waals surface area contributed by atoms with Gasteiger partial charge in [-0.25, -0.2) is 0 Å². The molecule has 0 fully saturated rings. The van der Waals surface area contributed by atoms with Gasteiger partial charge in [-0.2, -0.15) is 0 Å². The minimum atomic E-state index is -0.137. The quantitative estimate of drug-likeness (QED) is 0.935. The summed E-state index contributed by atoms with van der Waals surface area (Å²) in [5.74, 6) is 1.03. The first kappa shape index (κ1) is 15.1. The molecule has 1 amide bonds. The van der Waals surface area contributed by atoms with Crippen molar-refractivity contribution in [2.45, 2.75) is 38.6 Å². The average Bonchev–Trinajstić information content (AvgIpc) is 3.09. The molecule has 4 rings (SSSR count). The lowest BCUT2D eigenvalue weighted by atomic mass is 9.89. The summed E-state index contributed by atoms with van der Waals surface area (Å²) in [7, 11) is 0. The molecule has 0 aromatic heterocycles. The van der Waals surface area contributed by atoms with Gasteiger partial charge in [0.25, 0.3) is 5.91 Å². The van der Waals surface area contributed by atoms with Crippen molar-refractivity contribution in [1.29, 1.82) is 0 Å². The fraction of sp³-hybridized carbons (Fsp3) is 0.350. The number of carbonyl (C=O) groups excluding carboxylic acids is 1. The molecule has 1 atom stereocenters. The Morgan fingerprint density at radius 1 is 1.08 bits per heavy atom. The number of aryl methyl sites for hydroxylation is 2. The number of ether oxygens (including phenoxy) is 2. The lowest BCUT2D eigenvalue weighted by Gasteiger charge is -2.20. The molecule has 0 spiro atoms. The highest BCUT2D eigenvalue weighted by molar-refractivity contribution is 5.98. The third-order valence-electron chi connectivity index (χ3n) is 4.86. The van der Waals surface area contributed by atoms with Crippen LogP contribution in [0.5, 0.6) is 11.5 Å². The number of rotatable bonds is 3. The van der Waals surface area contributed by atoms with E-state index >= 15 is 0 Å². The van der Waals surface area contributed by atoms with Gasteiger partial charge in [-0.3, -0.25) is 4.79 Å². The van der Waals surface area contributed by atoms with Crippen LogP contribution in [0, 0.1) is 0 Å². The van der Waals surface area contributed by atoms with Crippen LogP contribution in [0.25, 0.3) is 0 Å². The molecule has 4 nitrogen and oxygen atoms in total. The predicted octanol–water partition coefficient (Wildman–Crippen LogP) is 3.79. The zero-order chi connectivity index (χ0) is 16.5. The summed E-state index contributed by atoms with van der Waals surface area (Å²) in [5, 5.41) is 3.07. The molecule has 1 N–H and O–H groups in total. The molecule has 2 aromatic rings. The number of benzene rings is 2. The van der Waals surface area contributed by atoms with Crippen molar-refractivity contribution in [3.63, 3.8) is 0 Å². The Morgan fingerprint density at radius 3 is 2.79 bits per heavy atom. The van der Waals surface area contributed by atoms with E-state index in [0.717, 1.165) is 12.0 Å². The summed E-state index contributed by atoms with van der Waals surface area (Å²) in [4.78, 5) is 12.6. The summed E-state index contributed by atoms with van der Waals surface area (Å²) in [5.41, 5.74) is 4.55. The molecule has 1 unspecified atom stereocenters. The standard InChI is InChI=1S/C20H21NO3/c1-13(15-10-9-14-5-2-3-6-16(14)11-15)21-20(22)17-7-4-8-18-19(17)24-12-23-18/h4,7-11,13H,2-3,5-6,12H2,1H3,(H,21,22). The Hall–Kier alpha value is -2.49. The maximum Gasteiger partial charge on any atom is 0.255 e. The van der Waals surface area contributed by atoms with Crippen LogP contribution in [-0.4, -0.2) is 12.7 Å². The first-order valence-electron chi connectivity index (χ1n) is 8.53. The molecule has 0 radical (unpaired) electrons. The molecule has 0 saturated heterocycles. The molecule has 4 heteroatoms. The molecule has 124 valence electrons. The van der Waals surface area contributed by atoms with Crippen molar-refractivity contribution in [2.75, 3.05) is 6.79 Å². The maximum absolute atomic E-state index is 12.6. The fourth-order valence-electron chi connectivity index (χ4n) is 3.49. The van der Waals surface area contributed by atoms with E-state index < -0.39 is 0 Å². The summed E-state index contributed by atoms with van der Waals surface area (Å²) in [6.45, 7) is 2.18. The smallest absolute Gasteiger partial charge is 0.255 e. The first-order chi connectivity index (χ1) is 11.7. The van der Waals surface area contributed by atoms with Crippen molar-refractivity contribution in [1.82, 2.24) is 5.32 Å². The van der Waals surface area contributed by atoms with Crippen LogP contribution in [0.4, 0.5) is 0 Å². The van der Waals surface area contributed by atoms with E-state index in [0.29, 0.717) is 17.1 Å². The summed E-state index contributed by atoms with van der Waals surface area (Å²) < 4.78 is 10.8. The van der Waals surface area contributed by atoms with Crippen molar-refractivity contribution in [3.05, 3.63) is 58.7 Å². The van der Waals surface area contributed by atoms with Crippen LogP contribution >= 0.6 is 0 Å². The molecule has 1 heterocycles. The Kier molecular flexibility index (Phi) is 3.89. The van der Waals surface area contributed by atoms with Crippen molar-refractivity contribution < 1.29 is 14.3 Å². The Labute approximate surface area is 141 Å². The number of amides is 1. The minimum Gasteiger partial charge on any atom is -0.454 e. The van der Waals surface area contributed by atoms with E-state index in [-0.39, 0.29) is 18.7 Å². The molecule has 24 heavy (non-hydrogen) atoms. The second-order valence-electron chi connectivity index (χ2n) is 6.47. The zero-order valence-corrected chi connectivity index (χ0v) is 13.8. The lowest BCUT2D eigenvalue weighted by molar-refractivity contribution is 0.0935. The number of carbonyl (C=O) groups is 1. The van der Waals surface area contributed by atoms with Gasteiger partial charge in [-0.1, -0.05) is 24.3 Å². The molecular weight excluding hydrogens is 302 g/mol. The molecule has 1 aliphatic carbocycles. The summed E-state index contributed by atoms with van der Waals surface area (Å²) >= 11 is 0. The molecule has 0 saturated carbocycles. The highest BCUT2D eigenvalue weighted by Crippen LogP contribution is 2.35. The van der Waals surface area contributed by atoms with Crippen LogP contribution in [0.3, 0.4) is 0 Å². The molecule has 0 bridgehead atoms. The highest BCUT2D eigenvalue weighted by atomic mass is 16.7. The van der Waals surface area contributed by atoms with Crippen LogP contribution in [0.15, 0.2) is 36.4 Å². The molecular formula is C20H21NO3. The SMILES string of the molecule is CC(NC(=O)c1cccc2c1OCO2)c1ccc2c(c1)CCCC2. The number of hydrogen-bond donors (Lipinski definition) is 1. The number of hydrogen-bond acceptors (Lipinski definition) is 3. The van der Waals surface area contributed by atoms with Crippen LogP contribution < -0.4 is 14.8 Å². The lowest BCUT2D eigenvalue weighted by Crippen LogP contribution is -2.27. The normalized spacial score (nSPS) is 16.4. The van der Waals surface area contributed by atoms with E-state index in [1.807, 2.05) is 19.1 Å². The third kappa shape index (κ3) is 2.73. The number of nitrogens with one attached hydrogen (secondary N) is 1. The van der Waals surface area contributed by atoms with Gasteiger partial charge in [0, 0.05) is 0 Å². The van der Waals surface area contributed by atoms with Crippen LogP contribution in [0.1, 0.15) is 52.9 Å². The Bertz CT molecular complexity index is 784. The van der Waals surface area contributed by atoms with E-state index in [1.54, 1.807) is 6.07 Å². The monoisotopic (exact) mass is 323 g/mol. The maximum atomic E-state index is 12.6. The first-order valence-corrected chi connectivity index (χ1v) is 8.53. The van der Waals surface area contributed by atoms with Gasteiger partial charge in [0.15, 0.2) is 11.5 Å². The van der Waals surface area contributed by atoms with Gasteiger partial charge >= 0.3 is 0 Å². The van der Waals surface area contributed by atoms with E-state index in [9.17, 15) is 4.79 Å². The van der Waals surface area contributed by atoms with Crippen LogP contribution in [0.2, 0.25) is 0 Å². The Balaban J connectivity index is 1.53. The van der Waals surface area contributed by atoms with Gasteiger partial charge in [0.05, 0.1) is 11.6 Å². The van der Waals surface area contributed by atoms with Gasteiger partial charge in [-0.05, 0) is 61.4 Å². The van der Waals surface area contributed by atoms with E-state index in [2.05, 4.69) is 23.5 Å².